The number of imidazole rings is 1. The average Bonchev–Trinajstić information content (AvgIpc) is 3.07. The molecule has 2 aromatic heterocycles. The Morgan fingerprint density at radius 2 is 2.45 bits per heavy atom. The van der Waals surface area contributed by atoms with Crippen molar-refractivity contribution in [2.24, 2.45) is 0 Å². The number of hydrogen-bond acceptors (Lipinski definition) is 3. The number of nitrogens with one attached hydrogen (secondary N) is 1. The largest absolute Gasteiger partial charge is 0.376 e. The normalized spacial score (nSPS) is 20.2. The Kier molecular flexibility index (Phi) is 3.44. The Balaban J connectivity index is 1.74. The van der Waals surface area contributed by atoms with Gasteiger partial charge in [-0.1, -0.05) is 0 Å². The van der Waals surface area contributed by atoms with E-state index in [-0.39, 0.29) is 18.1 Å². The summed E-state index contributed by atoms with van der Waals surface area (Å²) in [6.07, 6.45) is 5.87. The summed E-state index contributed by atoms with van der Waals surface area (Å²) in [5, 5.41) is 2.97. The molecule has 0 aliphatic carbocycles. The van der Waals surface area contributed by atoms with Crippen LogP contribution in [0.4, 0.5) is 0 Å². The lowest BCUT2D eigenvalue weighted by molar-refractivity contribution is 0.0710. The van der Waals surface area contributed by atoms with Crippen LogP contribution < -0.4 is 5.32 Å². The second-order valence-electron chi connectivity index (χ2n) is 5.41. The summed E-state index contributed by atoms with van der Waals surface area (Å²) < 4.78 is 7.45. The molecule has 3 rings (SSSR count). The van der Waals surface area contributed by atoms with Crippen LogP contribution in [0, 0.1) is 6.92 Å². The highest BCUT2D eigenvalue weighted by Crippen LogP contribution is 2.16. The number of fused-ring (bicyclic) bond motifs is 1. The number of aromatic nitrogens is 2. The van der Waals surface area contributed by atoms with Crippen LogP contribution in [0.5, 0.6) is 0 Å². The molecule has 2 atom stereocenters. The number of aryl methyl sites for hydroxylation is 1. The van der Waals surface area contributed by atoms with Gasteiger partial charge in [0, 0.05) is 19.0 Å². The monoisotopic (exact) mass is 273 g/mol. The Bertz CT molecular complexity index is 629. The number of ether oxygens (including phenoxy) is 1. The first-order valence-electron chi connectivity index (χ1n) is 7.01. The van der Waals surface area contributed by atoms with Crippen molar-refractivity contribution >= 4 is 11.6 Å². The fourth-order valence-electron chi connectivity index (χ4n) is 2.56. The topological polar surface area (TPSA) is 55.6 Å². The fraction of sp³-hybridized carbons (Fsp3) is 0.467. The van der Waals surface area contributed by atoms with Crippen LogP contribution in [0.25, 0.3) is 5.65 Å². The zero-order valence-corrected chi connectivity index (χ0v) is 11.8. The van der Waals surface area contributed by atoms with Crippen LogP contribution in [-0.4, -0.2) is 34.0 Å². The molecule has 0 saturated carbocycles. The van der Waals surface area contributed by atoms with E-state index in [0.29, 0.717) is 5.69 Å². The van der Waals surface area contributed by atoms with Gasteiger partial charge in [-0.2, -0.15) is 0 Å². The van der Waals surface area contributed by atoms with Crippen molar-refractivity contribution in [2.45, 2.75) is 38.8 Å². The van der Waals surface area contributed by atoms with Gasteiger partial charge in [0.15, 0.2) is 0 Å². The van der Waals surface area contributed by atoms with Crippen molar-refractivity contribution < 1.29 is 9.53 Å². The molecule has 0 spiro atoms. The summed E-state index contributed by atoms with van der Waals surface area (Å²) in [4.78, 5) is 16.6. The van der Waals surface area contributed by atoms with E-state index in [9.17, 15) is 4.79 Å². The second kappa shape index (κ2) is 5.25. The highest BCUT2D eigenvalue weighted by molar-refractivity contribution is 5.93. The summed E-state index contributed by atoms with van der Waals surface area (Å²) in [6.45, 7) is 4.78. The molecule has 5 heteroatoms. The van der Waals surface area contributed by atoms with Gasteiger partial charge in [-0.05, 0) is 44.4 Å². The van der Waals surface area contributed by atoms with Gasteiger partial charge in [-0.3, -0.25) is 4.79 Å². The fourth-order valence-corrected chi connectivity index (χ4v) is 2.56. The third-order valence-corrected chi connectivity index (χ3v) is 3.73. The van der Waals surface area contributed by atoms with Crippen molar-refractivity contribution in [3.05, 3.63) is 35.8 Å². The third kappa shape index (κ3) is 2.54. The predicted octanol–water partition coefficient (Wildman–Crippen LogP) is 1.94. The molecule has 0 bridgehead atoms. The van der Waals surface area contributed by atoms with Gasteiger partial charge in [0.05, 0.1) is 12.1 Å². The molecular weight excluding hydrogens is 254 g/mol. The third-order valence-electron chi connectivity index (χ3n) is 3.73. The SMILES string of the molecule is Cc1ccn2cc(C(=O)NC(C)C3CCCO3)nc2c1. The lowest BCUT2D eigenvalue weighted by Gasteiger charge is -2.19. The van der Waals surface area contributed by atoms with Crippen molar-refractivity contribution in [1.29, 1.82) is 0 Å². The van der Waals surface area contributed by atoms with Crippen molar-refractivity contribution in [2.75, 3.05) is 6.61 Å². The van der Waals surface area contributed by atoms with Crippen LogP contribution in [-0.2, 0) is 4.74 Å². The quantitative estimate of drug-likeness (QED) is 0.929. The standard InChI is InChI=1S/C15H19N3O2/c1-10-5-6-18-9-12(17-14(18)8-10)15(19)16-11(2)13-4-3-7-20-13/h5-6,8-9,11,13H,3-4,7H2,1-2H3,(H,16,19). The van der Waals surface area contributed by atoms with E-state index in [1.165, 1.54) is 0 Å². The average molecular weight is 273 g/mol. The molecular formula is C15H19N3O2. The van der Waals surface area contributed by atoms with Crippen LogP contribution >= 0.6 is 0 Å². The van der Waals surface area contributed by atoms with Gasteiger partial charge in [0.1, 0.15) is 11.3 Å². The Morgan fingerprint density at radius 3 is 3.20 bits per heavy atom. The maximum Gasteiger partial charge on any atom is 0.271 e. The summed E-state index contributed by atoms with van der Waals surface area (Å²) in [5.41, 5.74) is 2.36. The zero-order valence-electron chi connectivity index (χ0n) is 11.8. The Hall–Kier alpha value is -1.88. The Labute approximate surface area is 118 Å². The molecule has 1 saturated heterocycles. The summed E-state index contributed by atoms with van der Waals surface area (Å²) in [7, 11) is 0. The van der Waals surface area contributed by atoms with Crippen molar-refractivity contribution in [3.8, 4) is 0 Å². The number of amides is 1. The highest BCUT2D eigenvalue weighted by atomic mass is 16.5. The second-order valence-corrected chi connectivity index (χ2v) is 5.41. The first kappa shape index (κ1) is 13.1. The number of carbonyl (C=O) groups excluding carboxylic acids is 1. The molecule has 1 fully saturated rings. The molecule has 0 radical (unpaired) electrons. The van der Waals surface area contributed by atoms with E-state index in [2.05, 4.69) is 10.3 Å². The molecule has 0 aromatic carbocycles. The molecule has 1 N–H and O–H groups in total. The molecule has 1 aliphatic rings. The van der Waals surface area contributed by atoms with Gasteiger partial charge in [-0.25, -0.2) is 4.98 Å². The lowest BCUT2D eigenvalue weighted by atomic mass is 10.1. The molecule has 20 heavy (non-hydrogen) atoms. The van der Waals surface area contributed by atoms with Gasteiger partial charge < -0.3 is 14.5 Å². The molecule has 106 valence electrons. The van der Waals surface area contributed by atoms with Gasteiger partial charge >= 0.3 is 0 Å². The van der Waals surface area contributed by atoms with Gasteiger partial charge in [0.25, 0.3) is 5.91 Å². The first-order valence-corrected chi connectivity index (χ1v) is 7.01. The van der Waals surface area contributed by atoms with E-state index in [0.717, 1.165) is 30.7 Å². The Morgan fingerprint density at radius 1 is 1.60 bits per heavy atom. The number of carbonyl (C=O) groups is 1. The highest BCUT2D eigenvalue weighted by Gasteiger charge is 2.24. The molecule has 1 aliphatic heterocycles. The minimum absolute atomic E-state index is 0.0107. The van der Waals surface area contributed by atoms with Crippen molar-refractivity contribution in [3.63, 3.8) is 0 Å². The van der Waals surface area contributed by atoms with E-state index in [1.807, 2.05) is 36.6 Å². The zero-order chi connectivity index (χ0) is 14.1. The van der Waals surface area contributed by atoms with E-state index in [1.54, 1.807) is 6.20 Å². The van der Waals surface area contributed by atoms with E-state index < -0.39 is 0 Å². The number of pyridine rings is 1. The minimum Gasteiger partial charge on any atom is -0.376 e. The number of nitrogens with zero attached hydrogens (tertiary/aromatic N) is 2. The van der Waals surface area contributed by atoms with Gasteiger partial charge in [-0.15, -0.1) is 0 Å². The molecule has 5 nitrogen and oxygen atoms in total. The number of hydrogen-bond donors (Lipinski definition) is 1. The van der Waals surface area contributed by atoms with Crippen LogP contribution in [0.3, 0.4) is 0 Å². The molecule has 2 aromatic rings. The van der Waals surface area contributed by atoms with Crippen molar-refractivity contribution in [1.82, 2.24) is 14.7 Å². The van der Waals surface area contributed by atoms with Crippen LogP contribution in [0.1, 0.15) is 35.8 Å². The predicted molar refractivity (Wildman–Crippen MR) is 75.8 cm³/mol. The molecule has 3 heterocycles. The summed E-state index contributed by atoms with van der Waals surface area (Å²) in [6, 6.07) is 3.96. The number of rotatable bonds is 3. The minimum atomic E-state index is -0.144. The molecule has 1 amide bonds. The summed E-state index contributed by atoms with van der Waals surface area (Å²) >= 11 is 0. The lowest BCUT2D eigenvalue weighted by Crippen LogP contribution is -2.40. The first-order chi connectivity index (χ1) is 9.63. The molecule has 2 unspecified atom stereocenters. The maximum absolute atomic E-state index is 12.2. The van der Waals surface area contributed by atoms with E-state index in [4.69, 9.17) is 4.74 Å². The van der Waals surface area contributed by atoms with Crippen LogP contribution in [0.2, 0.25) is 0 Å². The summed E-state index contributed by atoms with van der Waals surface area (Å²) in [5.74, 6) is -0.144. The smallest absolute Gasteiger partial charge is 0.271 e. The maximum atomic E-state index is 12.2. The van der Waals surface area contributed by atoms with Crippen LogP contribution in [0.15, 0.2) is 24.5 Å². The van der Waals surface area contributed by atoms with E-state index >= 15 is 0 Å². The van der Waals surface area contributed by atoms with Gasteiger partial charge in [0.2, 0.25) is 0 Å².